The molecule has 6 rings (SSSR count). The van der Waals surface area contributed by atoms with Crippen LogP contribution in [0.1, 0.15) is 106 Å². The number of carbonyl (C=O) groups is 9. The molecule has 0 spiro atoms. The molecule has 0 bridgehead atoms. The van der Waals surface area contributed by atoms with Crippen LogP contribution in [0, 0.1) is 12.8 Å². The number of aryl methyl sites for hydroxylation is 2. The highest BCUT2D eigenvalue weighted by Crippen LogP contribution is 2.32. The fraction of sp³-hybridized carbons (Fsp3) is 0.600. The monoisotopic (exact) mass is 1300 g/mol. The second kappa shape index (κ2) is 37.6. The highest BCUT2D eigenvalue weighted by molar-refractivity contribution is 6.07. The number of carboxylic acid groups (broad SMARTS) is 3. The zero-order valence-electron chi connectivity index (χ0n) is 54.0. The van der Waals surface area contributed by atoms with Crippen LogP contribution in [0.3, 0.4) is 0 Å². The number of aliphatic imine (C=N–C) groups is 2. The van der Waals surface area contributed by atoms with Gasteiger partial charge in [0.05, 0.1) is 68.8 Å². The lowest BCUT2D eigenvalue weighted by Gasteiger charge is -2.34. The molecule has 0 saturated carbocycles. The van der Waals surface area contributed by atoms with Crippen molar-refractivity contribution in [3.63, 3.8) is 0 Å². The maximum atomic E-state index is 14.2. The summed E-state index contributed by atoms with van der Waals surface area (Å²) in [6.45, 7) is 6.11. The van der Waals surface area contributed by atoms with Crippen LogP contribution >= 0.6 is 0 Å². The van der Waals surface area contributed by atoms with Gasteiger partial charge < -0.3 is 51.1 Å². The summed E-state index contributed by atoms with van der Waals surface area (Å²) in [7, 11) is 1.44. The van der Waals surface area contributed by atoms with Gasteiger partial charge in [0, 0.05) is 110 Å². The maximum absolute atomic E-state index is 14.2. The summed E-state index contributed by atoms with van der Waals surface area (Å²) < 4.78 is 34.4. The van der Waals surface area contributed by atoms with E-state index in [4.69, 9.17) is 4.74 Å². The molecule has 510 valence electrons. The van der Waals surface area contributed by atoms with Crippen molar-refractivity contribution < 1.29 is 72.0 Å². The van der Waals surface area contributed by atoms with E-state index in [1.54, 1.807) is 56.5 Å². The van der Waals surface area contributed by atoms with E-state index in [2.05, 4.69) is 48.4 Å². The van der Waals surface area contributed by atoms with E-state index in [1.165, 1.54) is 31.1 Å². The van der Waals surface area contributed by atoms with Gasteiger partial charge in [0.25, 0.3) is 11.8 Å². The van der Waals surface area contributed by atoms with Crippen LogP contribution in [0.4, 0.5) is 8.78 Å². The van der Waals surface area contributed by atoms with Gasteiger partial charge in [-0.1, -0.05) is 36.2 Å². The number of nitrogens with zero attached hydrogens (tertiary/aromatic N) is 9. The predicted molar refractivity (Wildman–Crippen MR) is 344 cm³/mol. The van der Waals surface area contributed by atoms with Gasteiger partial charge in [-0.25, -0.2) is 8.78 Å². The number of unbranched alkanes of at least 4 members (excludes halogenated alkanes) is 2. The predicted octanol–water partition coefficient (Wildman–Crippen LogP) is 3.19. The van der Waals surface area contributed by atoms with Gasteiger partial charge in [-0.3, -0.25) is 77.7 Å². The molecule has 0 aliphatic carbocycles. The second-order valence-corrected chi connectivity index (χ2v) is 24.4. The Morgan fingerprint density at radius 1 is 0.753 bits per heavy atom. The minimum atomic E-state index is -3.06. The number of amides is 6. The minimum Gasteiger partial charge on any atom is -0.494 e. The van der Waals surface area contributed by atoms with E-state index in [0.29, 0.717) is 80.3 Å². The number of alkyl halides is 2. The Morgan fingerprint density at radius 2 is 1.37 bits per heavy atom. The largest absolute Gasteiger partial charge is 0.494 e. The van der Waals surface area contributed by atoms with Crippen LogP contribution in [-0.4, -0.2) is 264 Å². The van der Waals surface area contributed by atoms with Gasteiger partial charge in [0.1, 0.15) is 17.8 Å². The third kappa shape index (κ3) is 26.1. The number of likely N-dealkylation sites (tertiary alicyclic amines) is 2. The summed E-state index contributed by atoms with van der Waals surface area (Å²) in [5, 5.41) is 40.6. The lowest BCUT2D eigenvalue weighted by atomic mass is 9.91. The smallest absolute Gasteiger partial charge is 0.317 e. The molecule has 3 atom stereocenters. The summed E-state index contributed by atoms with van der Waals surface area (Å²) in [6, 6.07) is 12.0. The van der Waals surface area contributed by atoms with Crippen LogP contribution in [-0.2, 0) is 44.8 Å². The Kier molecular flexibility index (Phi) is 29.9. The first-order valence-electron chi connectivity index (χ1n) is 32.1. The van der Waals surface area contributed by atoms with E-state index in [-0.39, 0.29) is 102 Å². The number of rotatable bonds is 31. The summed E-state index contributed by atoms with van der Waals surface area (Å²) in [5.41, 5.74) is 3.08. The zero-order valence-corrected chi connectivity index (χ0v) is 54.0. The van der Waals surface area contributed by atoms with Crippen molar-refractivity contribution in [2.45, 2.75) is 122 Å². The molecule has 26 nitrogen and oxygen atoms in total. The fourth-order valence-electron chi connectivity index (χ4n) is 11.7. The number of pyridine rings is 1. The van der Waals surface area contributed by atoms with Crippen molar-refractivity contribution in [1.82, 2.24) is 55.7 Å². The Balaban J connectivity index is 0.995. The number of hydrogen-bond donors (Lipinski definition) is 7. The molecule has 3 aliphatic rings. The summed E-state index contributed by atoms with van der Waals surface area (Å²) >= 11 is 0. The second-order valence-electron chi connectivity index (χ2n) is 24.4. The molecule has 1 aromatic heterocycles. The SMILES string of the molecule is CN=C[C@H]1CC(F)(F)CN1C(=O)CNC(=O)c1ccnc2ccc(OCCCCC3CCN(C(=O)[C@H](C)NC(=O)[C@H](CCCCN=C(C)NC(=O)CCCc4ccc(C)cc4)NC(=O)CN4CCN(CC(=O)O)CCN(CC(=O)O)CCN(CC(=O)O)CC4)CC3)cc12. The maximum Gasteiger partial charge on any atom is 0.317 e. The summed E-state index contributed by atoms with van der Waals surface area (Å²) in [4.78, 5) is 139. The van der Waals surface area contributed by atoms with Crippen LogP contribution < -0.4 is 26.0 Å². The lowest BCUT2D eigenvalue weighted by Crippen LogP contribution is -2.55. The first-order chi connectivity index (χ1) is 44.4. The molecule has 2 aromatic carbocycles. The van der Waals surface area contributed by atoms with Crippen molar-refractivity contribution >= 4 is 76.3 Å². The van der Waals surface area contributed by atoms with E-state index >= 15 is 0 Å². The molecular formula is C65H93F2N13O13. The number of piperidine rings is 1. The van der Waals surface area contributed by atoms with Crippen LogP contribution in [0.15, 0.2) is 64.7 Å². The number of halogens is 2. The molecule has 3 aromatic rings. The number of nitrogens with one attached hydrogen (secondary N) is 4. The average molecular weight is 1300 g/mol. The molecular weight excluding hydrogens is 1210 g/mol. The number of amidine groups is 1. The molecule has 3 aliphatic heterocycles. The minimum absolute atomic E-state index is 0.147. The van der Waals surface area contributed by atoms with Crippen molar-refractivity contribution in [1.29, 1.82) is 0 Å². The highest BCUT2D eigenvalue weighted by atomic mass is 19.3. The van der Waals surface area contributed by atoms with Crippen molar-refractivity contribution in [3.8, 4) is 5.75 Å². The molecule has 7 N–H and O–H groups in total. The molecule has 0 radical (unpaired) electrons. The third-order valence-electron chi connectivity index (χ3n) is 16.8. The Bertz CT molecular complexity index is 3040. The average Bonchev–Trinajstić information content (AvgIpc) is 0.945. The van der Waals surface area contributed by atoms with E-state index < -0.39 is 85.1 Å². The van der Waals surface area contributed by atoms with Gasteiger partial charge in [-0.05, 0) is 114 Å². The van der Waals surface area contributed by atoms with Crippen LogP contribution in [0.5, 0.6) is 5.75 Å². The number of aromatic nitrogens is 1. The number of carbonyl (C=O) groups excluding carboxylic acids is 6. The van der Waals surface area contributed by atoms with E-state index in [9.17, 15) is 67.3 Å². The van der Waals surface area contributed by atoms with Crippen LogP contribution in [0.2, 0.25) is 0 Å². The Labute approximate surface area is 541 Å². The van der Waals surface area contributed by atoms with Gasteiger partial charge >= 0.3 is 17.9 Å². The van der Waals surface area contributed by atoms with Gasteiger partial charge in [-0.15, -0.1) is 0 Å². The van der Waals surface area contributed by atoms with Crippen molar-refractivity contribution in [2.75, 3.05) is 125 Å². The van der Waals surface area contributed by atoms with Crippen LogP contribution in [0.25, 0.3) is 10.9 Å². The first kappa shape index (κ1) is 74.0. The molecule has 93 heavy (non-hydrogen) atoms. The standard InChI is InChI=1S/C65H93F2N13O13/c1-45-14-16-48(17-15-45)11-9-13-56(81)73-47(3)69-23-7-5-12-55(74-57(82)40-75-27-29-76(41-59(84)85)31-33-78(43-61(88)89)34-32-77(30-28-75)42-60(86)87)63(91)72-46(2)64(92)79-25-21-49(22-26-79)10-6-8-35-93-51-18-19-54-53(36-51)52(20-24-70-54)62(90)71-39-58(83)80-44-65(66,67)37-50(80)38-68-4/h14-20,24,36,38,46,49-50,55H,5-13,21-23,25-35,37,39-44H2,1-4H3,(H,71,90)(H,72,91)(H,74,82)(H,84,85)(H,86,87)(H,88,89)(H,69,73,81)/t46-,50+,55-/m0/s1. The topological polar surface area (TPSA) is 329 Å². The number of carboxylic acids is 3. The fourth-order valence-corrected chi connectivity index (χ4v) is 11.7. The Morgan fingerprint density at radius 3 is 1.97 bits per heavy atom. The van der Waals surface area contributed by atoms with Crippen molar-refractivity contribution in [2.24, 2.45) is 15.9 Å². The third-order valence-corrected chi connectivity index (χ3v) is 16.8. The zero-order chi connectivity index (χ0) is 67.5. The van der Waals surface area contributed by atoms with Gasteiger partial charge in [-0.2, -0.15) is 0 Å². The van der Waals surface area contributed by atoms with Gasteiger partial charge in [0.15, 0.2) is 0 Å². The number of hydrogen-bond acceptors (Lipinski definition) is 17. The molecule has 28 heteroatoms. The normalized spacial score (nSPS) is 18.3. The quantitative estimate of drug-likeness (QED) is 0.0276. The number of benzene rings is 2. The molecule has 6 amide bonds. The Hall–Kier alpha value is -8.08. The van der Waals surface area contributed by atoms with Crippen molar-refractivity contribution in [3.05, 3.63) is 71.4 Å². The van der Waals surface area contributed by atoms with E-state index in [1.807, 2.05) is 19.1 Å². The number of aliphatic carboxylic acids is 3. The number of ether oxygens (including phenoxy) is 1. The molecule has 3 saturated heterocycles. The highest BCUT2D eigenvalue weighted by Gasteiger charge is 2.46. The first-order valence-corrected chi connectivity index (χ1v) is 32.1. The summed E-state index contributed by atoms with van der Waals surface area (Å²) in [5.74, 6) is -7.73. The van der Waals surface area contributed by atoms with E-state index in [0.717, 1.165) is 49.0 Å². The molecule has 4 heterocycles. The van der Waals surface area contributed by atoms with Gasteiger partial charge in [0.2, 0.25) is 29.5 Å². The summed E-state index contributed by atoms with van der Waals surface area (Å²) in [6.07, 6.45) is 9.07. The number of fused-ring (bicyclic) bond motifs is 1. The lowest BCUT2D eigenvalue weighted by molar-refractivity contribution is -0.140. The molecule has 0 unspecified atom stereocenters. The molecule has 3 fully saturated rings.